The molecule has 0 amide bonds. The monoisotopic (exact) mass is 216 g/mol. The fraction of sp³-hybridized carbons (Fsp3) is 1.00. The summed E-state index contributed by atoms with van der Waals surface area (Å²) in [7, 11) is 0. The van der Waals surface area contributed by atoms with Crippen molar-refractivity contribution >= 4 is 0 Å². The first-order valence-corrected chi connectivity index (χ1v) is 6.20. The second-order valence-electron chi connectivity index (χ2n) is 4.21. The van der Waals surface area contributed by atoms with E-state index in [0.717, 1.165) is 38.9 Å². The molecule has 0 aromatic heterocycles. The summed E-state index contributed by atoms with van der Waals surface area (Å²) in [6.45, 7) is 4.32. The minimum atomic E-state index is -0.196. The van der Waals surface area contributed by atoms with Gasteiger partial charge in [-0.05, 0) is 45.4 Å². The standard InChI is InChI=1S/C12H24O3/c1-2-14-10-8-11(13)5-3-6-12-7-4-9-15-12/h11-13H,2-10H2,1H3. The van der Waals surface area contributed by atoms with Crippen molar-refractivity contribution in [3.63, 3.8) is 0 Å². The highest BCUT2D eigenvalue weighted by atomic mass is 16.5. The first kappa shape index (κ1) is 12.9. The Balaban J connectivity index is 1.89. The molecule has 2 atom stereocenters. The zero-order chi connectivity index (χ0) is 10.9. The number of rotatable bonds is 8. The molecule has 0 saturated carbocycles. The van der Waals surface area contributed by atoms with Gasteiger partial charge in [0.1, 0.15) is 0 Å². The molecule has 3 nitrogen and oxygen atoms in total. The minimum absolute atomic E-state index is 0.196. The van der Waals surface area contributed by atoms with Crippen LogP contribution < -0.4 is 0 Å². The molecule has 0 bridgehead atoms. The zero-order valence-corrected chi connectivity index (χ0v) is 9.78. The van der Waals surface area contributed by atoms with Crippen molar-refractivity contribution in [3.05, 3.63) is 0 Å². The van der Waals surface area contributed by atoms with Crippen LogP contribution >= 0.6 is 0 Å². The van der Waals surface area contributed by atoms with E-state index in [1.807, 2.05) is 6.92 Å². The van der Waals surface area contributed by atoms with Crippen molar-refractivity contribution in [1.82, 2.24) is 0 Å². The quantitative estimate of drug-likeness (QED) is 0.632. The van der Waals surface area contributed by atoms with Crippen molar-refractivity contribution < 1.29 is 14.6 Å². The van der Waals surface area contributed by atoms with Crippen molar-refractivity contribution in [2.24, 2.45) is 0 Å². The molecule has 3 heteroatoms. The van der Waals surface area contributed by atoms with Gasteiger partial charge in [0.05, 0.1) is 12.2 Å². The SMILES string of the molecule is CCOCCC(O)CCCC1CCCO1. The lowest BCUT2D eigenvalue weighted by Gasteiger charge is -2.12. The van der Waals surface area contributed by atoms with Gasteiger partial charge in [0, 0.05) is 19.8 Å². The molecule has 1 aliphatic rings. The van der Waals surface area contributed by atoms with Crippen LogP contribution in [0, 0.1) is 0 Å². The van der Waals surface area contributed by atoms with Gasteiger partial charge in [0.25, 0.3) is 0 Å². The maximum absolute atomic E-state index is 9.63. The van der Waals surface area contributed by atoms with Gasteiger partial charge in [-0.2, -0.15) is 0 Å². The molecular weight excluding hydrogens is 192 g/mol. The van der Waals surface area contributed by atoms with E-state index < -0.39 is 0 Å². The number of ether oxygens (including phenoxy) is 2. The van der Waals surface area contributed by atoms with E-state index in [-0.39, 0.29) is 6.10 Å². The largest absolute Gasteiger partial charge is 0.393 e. The lowest BCUT2D eigenvalue weighted by Crippen LogP contribution is -2.12. The topological polar surface area (TPSA) is 38.7 Å². The highest BCUT2D eigenvalue weighted by Crippen LogP contribution is 2.18. The van der Waals surface area contributed by atoms with Gasteiger partial charge in [0.2, 0.25) is 0 Å². The zero-order valence-electron chi connectivity index (χ0n) is 9.78. The van der Waals surface area contributed by atoms with E-state index in [9.17, 15) is 5.11 Å². The van der Waals surface area contributed by atoms with Crippen molar-refractivity contribution in [2.45, 2.75) is 57.7 Å². The van der Waals surface area contributed by atoms with E-state index in [2.05, 4.69) is 0 Å². The third-order valence-electron chi connectivity index (χ3n) is 2.89. The lowest BCUT2D eigenvalue weighted by molar-refractivity contribution is 0.0735. The van der Waals surface area contributed by atoms with E-state index in [1.165, 1.54) is 12.8 Å². The number of aliphatic hydroxyl groups excluding tert-OH is 1. The van der Waals surface area contributed by atoms with Crippen LogP contribution in [-0.4, -0.2) is 37.1 Å². The molecular formula is C12H24O3. The Labute approximate surface area is 92.8 Å². The van der Waals surface area contributed by atoms with Crippen molar-refractivity contribution in [1.29, 1.82) is 0 Å². The highest BCUT2D eigenvalue weighted by Gasteiger charge is 2.15. The molecule has 1 saturated heterocycles. The molecule has 2 unspecified atom stereocenters. The van der Waals surface area contributed by atoms with Crippen LogP contribution in [-0.2, 0) is 9.47 Å². The lowest BCUT2D eigenvalue weighted by atomic mass is 10.1. The number of hydrogen-bond donors (Lipinski definition) is 1. The molecule has 0 aromatic rings. The van der Waals surface area contributed by atoms with Crippen LogP contribution in [0.15, 0.2) is 0 Å². The molecule has 0 spiro atoms. The molecule has 0 aromatic carbocycles. The summed E-state index contributed by atoms with van der Waals surface area (Å²) in [5, 5.41) is 9.63. The van der Waals surface area contributed by atoms with Crippen molar-refractivity contribution in [2.75, 3.05) is 19.8 Å². The summed E-state index contributed by atoms with van der Waals surface area (Å²) in [6, 6.07) is 0. The van der Waals surface area contributed by atoms with E-state index in [1.54, 1.807) is 0 Å². The first-order valence-electron chi connectivity index (χ1n) is 6.20. The molecule has 1 rings (SSSR count). The summed E-state index contributed by atoms with van der Waals surface area (Å²) in [5.41, 5.74) is 0. The van der Waals surface area contributed by atoms with Gasteiger partial charge < -0.3 is 14.6 Å². The Morgan fingerprint density at radius 1 is 1.47 bits per heavy atom. The Hall–Kier alpha value is -0.120. The maximum Gasteiger partial charge on any atom is 0.0576 e. The summed E-state index contributed by atoms with van der Waals surface area (Å²) in [4.78, 5) is 0. The van der Waals surface area contributed by atoms with Crippen LogP contribution in [0.1, 0.15) is 45.4 Å². The minimum Gasteiger partial charge on any atom is -0.393 e. The van der Waals surface area contributed by atoms with Crippen LogP contribution in [0.3, 0.4) is 0 Å². The Kier molecular flexibility index (Phi) is 6.98. The van der Waals surface area contributed by atoms with Crippen molar-refractivity contribution in [3.8, 4) is 0 Å². The normalized spacial score (nSPS) is 23.2. The second-order valence-corrected chi connectivity index (χ2v) is 4.21. The van der Waals surface area contributed by atoms with Crippen LogP contribution in [0.4, 0.5) is 0 Å². The average Bonchev–Trinajstić information content (AvgIpc) is 2.71. The predicted octanol–water partition coefficient (Wildman–Crippen LogP) is 2.12. The Bertz CT molecular complexity index is 144. The highest BCUT2D eigenvalue weighted by molar-refractivity contribution is 4.66. The molecule has 0 radical (unpaired) electrons. The fourth-order valence-corrected chi connectivity index (χ4v) is 1.96. The van der Waals surface area contributed by atoms with Crippen LogP contribution in [0.5, 0.6) is 0 Å². The summed E-state index contributed by atoms with van der Waals surface area (Å²) >= 11 is 0. The van der Waals surface area contributed by atoms with Gasteiger partial charge in [-0.1, -0.05) is 0 Å². The first-order chi connectivity index (χ1) is 7.33. The van der Waals surface area contributed by atoms with Gasteiger partial charge >= 0.3 is 0 Å². The number of aliphatic hydroxyl groups is 1. The summed E-state index contributed by atoms with van der Waals surface area (Å²) in [5.74, 6) is 0. The predicted molar refractivity (Wildman–Crippen MR) is 59.9 cm³/mol. The Morgan fingerprint density at radius 2 is 2.33 bits per heavy atom. The molecule has 0 aliphatic carbocycles. The van der Waals surface area contributed by atoms with E-state index in [0.29, 0.717) is 12.7 Å². The number of hydrogen-bond acceptors (Lipinski definition) is 3. The second kappa shape index (κ2) is 8.08. The fourth-order valence-electron chi connectivity index (χ4n) is 1.96. The molecule has 1 aliphatic heterocycles. The van der Waals surface area contributed by atoms with E-state index in [4.69, 9.17) is 9.47 Å². The third kappa shape index (κ3) is 6.13. The van der Waals surface area contributed by atoms with Gasteiger partial charge in [0.15, 0.2) is 0 Å². The van der Waals surface area contributed by atoms with Gasteiger partial charge in [-0.3, -0.25) is 0 Å². The average molecular weight is 216 g/mol. The van der Waals surface area contributed by atoms with Gasteiger partial charge in [-0.25, -0.2) is 0 Å². The summed E-state index contributed by atoms with van der Waals surface area (Å²) < 4.78 is 10.7. The van der Waals surface area contributed by atoms with E-state index >= 15 is 0 Å². The Morgan fingerprint density at radius 3 is 3.00 bits per heavy atom. The molecule has 1 fully saturated rings. The molecule has 15 heavy (non-hydrogen) atoms. The van der Waals surface area contributed by atoms with Crippen LogP contribution in [0.25, 0.3) is 0 Å². The third-order valence-corrected chi connectivity index (χ3v) is 2.89. The summed E-state index contributed by atoms with van der Waals surface area (Å²) in [6.07, 6.45) is 6.49. The molecule has 1 heterocycles. The smallest absolute Gasteiger partial charge is 0.0576 e. The van der Waals surface area contributed by atoms with Crippen LogP contribution in [0.2, 0.25) is 0 Å². The maximum atomic E-state index is 9.63. The molecule has 1 N–H and O–H groups in total. The molecule has 90 valence electrons. The van der Waals surface area contributed by atoms with Gasteiger partial charge in [-0.15, -0.1) is 0 Å².